The Labute approximate surface area is 119 Å². The highest BCUT2D eigenvalue weighted by atomic mass is 35.5. The number of hydrogen-bond acceptors (Lipinski definition) is 2. The number of phenolic OH excluding ortho intramolecular Hbond substituents is 1. The van der Waals surface area contributed by atoms with Gasteiger partial charge in [-0.15, -0.1) is 0 Å². The molecule has 1 aliphatic heterocycles. The molecule has 0 amide bonds. The Bertz CT molecular complexity index is 436. The Kier molecular flexibility index (Phi) is 4.41. The van der Waals surface area contributed by atoms with Gasteiger partial charge in [0.1, 0.15) is 5.75 Å². The van der Waals surface area contributed by atoms with E-state index in [9.17, 15) is 5.11 Å². The zero-order valence-electron chi connectivity index (χ0n) is 10.8. The molecule has 1 heterocycles. The number of hydrogen-bond donors (Lipinski definition) is 1. The fourth-order valence-electron chi connectivity index (χ4n) is 2.65. The first-order chi connectivity index (χ1) is 8.47. The number of benzene rings is 1. The lowest BCUT2D eigenvalue weighted by atomic mass is 9.93. The zero-order chi connectivity index (χ0) is 13.3. The Morgan fingerprint density at radius 1 is 1.33 bits per heavy atom. The normalized spacial score (nSPS) is 25.3. The van der Waals surface area contributed by atoms with E-state index in [-0.39, 0.29) is 5.75 Å². The number of likely N-dealkylation sites (tertiary alicyclic amines) is 1. The molecule has 100 valence electrons. The van der Waals surface area contributed by atoms with Crippen molar-refractivity contribution in [2.45, 2.75) is 39.3 Å². The van der Waals surface area contributed by atoms with Crippen LogP contribution in [0, 0.1) is 5.92 Å². The van der Waals surface area contributed by atoms with Gasteiger partial charge in [0.15, 0.2) is 0 Å². The quantitative estimate of drug-likeness (QED) is 0.876. The van der Waals surface area contributed by atoms with Crippen molar-refractivity contribution in [2.24, 2.45) is 5.92 Å². The first-order valence-corrected chi connectivity index (χ1v) is 7.14. The van der Waals surface area contributed by atoms with Gasteiger partial charge in [0.05, 0.1) is 5.02 Å². The molecule has 0 saturated carbocycles. The average molecular weight is 288 g/mol. The molecule has 1 saturated heterocycles. The minimum absolute atomic E-state index is 0.159. The molecule has 0 radical (unpaired) electrons. The molecule has 18 heavy (non-hydrogen) atoms. The van der Waals surface area contributed by atoms with Crippen LogP contribution in [0.1, 0.15) is 32.3 Å². The molecule has 2 unspecified atom stereocenters. The predicted octanol–water partition coefficient (Wildman–Crippen LogP) is 4.32. The topological polar surface area (TPSA) is 23.5 Å². The van der Waals surface area contributed by atoms with Gasteiger partial charge in [-0.2, -0.15) is 0 Å². The van der Waals surface area contributed by atoms with Crippen LogP contribution in [0.2, 0.25) is 10.0 Å². The van der Waals surface area contributed by atoms with Gasteiger partial charge >= 0.3 is 0 Å². The van der Waals surface area contributed by atoms with Crippen LogP contribution in [-0.2, 0) is 6.54 Å². The lowest BCUT2D eigenvalue weighted by molar-refractivity contribution is 0.121. The monoisotopic (exact) mass is 287 g/mol. The number of rotatable bonds is 2. The van der Waals surface area contributed by atoms with Crippen LogP contribution >= 0.6 is 23.2 Å². The summed E-state index contributed by atoms with van der Waals surface area (Å²) in [4.78, 5) is 2.38. The maximum absolute atomic E-state index is 9.97. The van der Waals surface area contributed by atoms with Gasteiger partial charge in [0.2, 0.25) is 0 Å². The minimum Gasteiger partial charge on any atom is -0.506 e. The summed E-state index contributed by atoms with van der Waals surface area (Å²) >= 11 is 11.9. The fourth-order valence-corrected chi connectivity index (χ4v) is 3.18. The van der Waals surface area contributed by atoms with Crippen molar-refractivity contribution in [3.05, 3.63) is 27.7 Å². The van der Waals surface area contributed by atoms with E-state index in [1.807, 2.05) is 0 Å². The van der Waals surface area contributed by atoms with Crippen molar-refractivity contribution in [3.63, 3.8) is 0 Å². The highest BCUT2D eigenvalue weighted by Crippen LogP contribution is 2.33. The van der Waals surface area contributed by atoms with Gasteiger partial charge in [-0.05, 0) is 44.4 Å². The Morgan fingerprint density at radius 2 is 2.06 bits per heavy atom. The van der Waals surface area contributed by atoms with Gasteiger partial charge < -0.3 is 5.11 Å². The van der Waals surface area contributed by atoms with E-state index in [0.717, 1.165) is 18.0 Å². The highest BCUT2D eigenvalue weighted by molar-refractivity contribution is 6.35. The van der Waals surface area contributed by atoms with Gasteiger partial charge in [0, 0.05) is 23.2 Å². The maximum Gasteiger partial charge on any atom is 0.138 e. The number of nitrogens with zero attached hydrogens (tertiary/aromatic N) is 1. The minimum atomic E-state index is 0.159. The first kappa shape index (κ1) is 14.0. The lowest BCUT2D eigenvalue weighted by Crippen LogP contribution is -2.39. The first-order valence-electron chi connectivity index (χ1n) is 6.38. The molecule has 4 heteroatoms. The van der Waals surface area contributed by atoms with Crippen LogP contribution in [0.15, 0.2) is 12.1 Å². The average Bonchev–Trinajstić information content (AvgIpc) is 2.29. The van der Waals surface area contributed by atoms with Crippen LogP contribution in [0.25, 0.3) is 0 Å². The summed E-state index contributed by atoms with van der Waals surface area (Å²) in [5.74, 6) is 0.944. The van der Waals surface area contributed by atoms with Gasteiger partial charge in [0.25, 0.3) is 0 Å². The number of halogens is 2. The molecule has 1 aliphatic rings. The molecule has 1 aromatic rings. The van der Waals surface area contributed by atoms with Gasteiger partial charge in [-0.1, -0.05) is 30.1 Å². The van der Waals surface area contributed by atoms with Crippen LogP contribution in [0.3, 0.4) is 0 Å². The summed E-state index contributed by atoms with van der Waals surface area (Å²) in [6.45, 7) is 6.30. The van der Waals surface area contributed by atoms with Crippen LogP contribution < -0.4 is 0 Å². The summed E-state index contributed by atoms with van der Waals surface area (Å²) < 4.78 is 0. The SMILES string of the molecule is CC1CCN(Cc2cc(Cl)cc(Cl)c2O)C(C)C1. The third-order valence-electron chi connectivity index (χ3n) is 3.76. The highest BCUT2D eigenvalue weighted by Gasteiger charge is 2.23. The Hall–Kier alpha value is -0.440. The maximum atomic E-state index is 9.97. The molecule has 2 nitrogen and oxygen atoms in total. The molecular weight excluding hydrogens is 269 g/mol. The van der Waals surface area contributed by atoms with E-state index >= 15 is 0 Å². The lowest BCUT2D eigenvalue weighted by Gasteiger charge is -2.36. The Balaban J connectivity index is 2.14. The van der Waals surface area contributed by atoms with Crippen molar-refractivity contribution in [2.75, 3.05) is 6.54 Å². The number of aromatic hydroxyl groups is 1. The number of piperidine rings is 1. The van der Waals surface area contributed by atoms with Gasteiger partial charge in [-0.3, -0.25) is 4.90 Å². The van der Waals surface area contributed by atoms with E-state index in [1.54, 1.807) is 12.1 Å². The summed E-state index contributed by atoms with van der Waals surface area (Å²) in [5, 5.41) is 10.9. The van der Waals surface area contributed by atoms with E-state index in [0.29, 0.717) is 22.6 Å². The molecule has 1 N–H and O–H groups in total. The van der Waals surface area contributed by atoms with Crippen LogP contribution in [0.5, 0.6) is 5.75 Å². The van der Waals surface area contributed by atoms with Gasteiger partial charge in [-0.25, -0.2) is 0 Å². The molecule has 1 aromatic carbocycles. The van der Waals surface area contributed by atoms with Crippen molar-refractivity contribution in [1.29, 1.82) is 0 Å². The molecule has 0 bridgehead atoms. The second-order valence-electron chi connectivity index (χ2n) is 5.34. The summed E-state index contributed by atoms with van der Waals surface area (Å²) in [5.41, 5.74) is 0.814. The summed E-state index contributed by atoms with van der Waals surface area (Å²) in [6.07, 6.45) is 2.41. The third-order valence-corrected chi connectivity index (χ3v) is 4.26. The third kappa shape index (κ3) is 3.11. The van der Waals surface area contributed by atoms with E-state index < -0.39 is 0 Å². The molecular formula is C14H19Cl2NO. The second-order valence-corrected chi connectivity index (χ2v) is 6.19. The van der Waals surface area contributed by atoms with Crippen molar-refractivity contribution >= 4 is 23.2 Å². The summed E-state index contributed by atoms with van der Waals surface area (Å²) in [7, 11) is 0. The molecule has 0 aromatic heterocycles. The standard InChI is InChI=1S/C14H19Cl2NO/c1-9-3-4-17(10(2)5-9)8-11-6-12(15)7-13(16)14(11)18/h6-7,9-10,18H,3-5,8H2,1-2H3. The van der Waals surface area contributed by atoms with E-state index in [1.165, 1.54) is 12.8 Å². The summed E-state index contributed by atoms with van der Waals surface area (Å²) in [6, 6.07) is 3.91. The van der Waals surface area contributed by atoms with Crippen molar-refractivity contribution in [1.82, 2.24) is 4.90 Å². The molecule has 2 atom stereocenters. The number of phenols is 1. The molecule has 0 spiro atoms. The van der Waals surface area contributed by atoms with E-state index in [2.05, 4.69) is 18.7 Å². The molecule has 2 rings (SSSR count). The molecule has 1 fully saturated rings. The fraction of sp³-hybridized carbons (Fsp3) is 0.571. The zero-order valence-corrected chi connectivity index (χ0v) is 12.3. The van der Waals surface area contributed by atoms with Crippen molar-refractivity contribution < 1.29 is 5.11 Å². The van der Waals surface area contributed by atoms with Crippen LogP contribution in [-0.4, -0.2) is 22.6 Å². The van der Waals surface area contributed by atoms with Crippen LogP contribution in [0.4, 0.5) is 0 Å². The van der Waals surface area contributed by atoms with E-state index in [4.69, 9.17) is 23.2 Å². The Morgan fingerprint density at radius 3 is 2.72 bits per heavy atom. The largest absolute Gasteiger partial charge is 0.506 e. The predicted molar refractivity (Wildman–Crippen MR) is 76.4 cm³/mol. The second kappa shape index (κ2) is 5.68. The molecule has 0 aliphatic carbocycles. The smallest absolute Gasteiger partial charge is 0.138 e. The van der Waals surface area contributed by atoms with Crippen molar-refractivity contribution in [3.8, 4) is 5.75 Å².